The number of aromatic nitrogens is 2. The van der Waals surface area contributed by atoms with E-state index in [0.29, 0.717) is 0 Å². The van der Waals surface area contributed by atoms with Crippen molar-refractivity contribution < 1.29 is 0 Å². The van der Waals surface area contributed by atoms with Gasteiger partial charge in [-0.2, -0.15) is 10.2 Å². The predicted molar refractivity (Wildman–Crippen MR) is 26.5 cm³/mol. The minimum atomic E-state index is 0.898. The minimum Gasteiger partial charge on any atom is -0.159 e. The molecule has 1 aromatic rings. The van der Waals surface area contributed by atoms with Crippen LogP contribution in [0.2, 0.25) is 0 Å². The first-order valence-electron chi connectivity index (χ1n) is 1.98. The molecule has 1 heterocycles. The lowest BCUT2D eigenvalue weighted by atomic mass is 10.4. The molecular weight excluding hydrogens is 88.1 g/mol. The summed E-state index contributed by atoms with van der Waals surface area (Å²) in [5.41, 5.74) is 0.898. The van der Waals surface area contributed by atoms with Crippen molar-refractivity contribution in [2.45, 2.75) is 0 Å². The molecule has 0 aromatic carbocycles. The van der Waals surface area contributed by atoms with Crippen molar-refractivity contribution >= 4 is 0 Å². The third kappa shape index (κ3) is 0.961. The van der Waals surface area contributed by atoms with E-state index in [1.165, 1.54) is 0 Å². The summed E-state index contributed by atoms with van der Waals surface area (Å²) >= 11 is 0. The fourth-order valence-corrected chi connectivity index (χ4v) is 0.318. The van der Waals surface area contributed by atoms with Crippen LogP contribution < -0.4 is 0 Å². The molecular formula is C5H5N2. The van der Waals surface area contributed by atoms with Gasteiger partial charge >= 0.3 is 0 Å². The first-order valence-corrected chi connectivity index (χ1v) is 1.98. The van der Waals surface area contributed by atoms with E-state index in [2.05, 4.69) is 17.1 Å². The third-order valence-corrected chi connectivity index (χ3v) is 0.646. The molecule has 0 saturated carbocycles. The smallest absolute Gasteiger partial charge is 0.0528 e. The van der Waals surface area contributed by atoms with Crippen molar-refractivity contribution in [3.63, 3.8) is 0 Å². The molecule has 0 fully saturated rings. The lowest BCUT2D eigenvalue weighted by molar-refractivity contribution is 1.02. The van der Waals surface area contributed by atoms with Gasteiger partial charge in [0, 0.05) is 6.20 Å². The first-order chi connectivity index (χ1) is 3.39. The molecule has 1 radical (unpaired) electrons. The van der Waals surface area contributed by atoms with E-state index in [4.69, 9.17) is 0 Å². The SMILES string of the molecule is [CH2]c1ccnnc1. The van der Waals surface area contributed by atoms with Crippen LogP contribution in [0.4, 0.5) is 0 Å². The number of rotatable bonds is 0. The van der Waals surface area contributed by atoms with Gasteiger partial charge in [0.2, 0.25) is 0 Å². The van der Waals surface area contributed by atoms with Crippen molar-refractivity contribution in [3.05, 3.63) is 30.9 Å². The van der Waals surface area contributed by atoms with Gasteiger partial charge in [0.1, 0.15) is 0 Å². The molecule has 0 atom stereocenters. The molecule has 2 heteroatoms. The van der Waals surface area contributed by atoms with Gasteiger partial charge in [0.25, 0.3) is 0 Å². The predicted octanol–water partition coefficient (Wildman–Crippen LogP) is 0.659. The van der Waals surface area contributed by atoms with Gasteiger partial charge in [-0.1, -0.05) is 0 Å². The van der Waals surface area contributed by atoms with Crippen LogP contribution in [-0.2, 0) is 0 Å². The molecule has 0 aliphatic rings. The monoisotopic (exact) mass is 93.0 g/mol. The summed E-state index contributed by atoms with van der Waals surface area (Å²) in [7, 11) is 0. The Morgan fingerprint density at radius 3 is 2.57 bits per heavy atom. The Hall–Kier alpha value is -0.920. The fourth-order valence-electron chi connectivity index (χ4n) is 0.318. The zero-order valence-electron chi connectivity index (χ0n) is 3.83. The summed E-state index contributed by atoms with van der Waals surface area (Å²) in [6, 6.07) is 1.80. The van der Waals surface area contributed by atoms with Gasteiger partial charge in [0.05, 0.1) is 6.20 Å². The lowest BCUT2D eigenvalue weighted by Gasteiger charge is -1.80. The second kappa shape index (κ2) is 1.69. The van der Waals surface area contributed by atoms with E-state index in [9.17, 15) is 0 Å². The van der Waals surface area contributed by atoms with E-state index in [1.807, 2.05) is 0 Å². The van der Waals surface area contributed by atoms with Crippen LogP contribution in [0.5, 0.6) is 0 Å². The Bertz CT molecular complexity index is 136. The molecule has 0 bridgehead atoms. The second-order valence-corrected chi connectivity index (χ2v) is 1.25. The molecule has 0 amide bonds. The zero-order valence-corrected chi connectivity index (χ0v) is 3.83. The average Bonchev–Trinajstić information content (AvgIpc) is 1.69. The Morgan fingerprint density at radius 1 is 1.43 bits per heavy atom. The molecule has 2 nitrogen and oxygen atoms in total. The highest BCUT2D eigenvalue weighted by Gasteiger charge is 1.74. The number of nitrogens with zero attached hydrogens (tertiary/aromatic N) is 2. The summed E-state index contributed by atoms with van der Waals surface area (Å²) in [5.74, 6) is 0. The van der Waals surface area contributed by atoms with Crippen molar-refractivity contribution in [1.82, 2.24) is 10.2 Å². The maximum Gasteiger partial charge on any atom is 0.0528 e. The fraction of sp³-hybridized carbons (Fsp3) is 0. The summed E-state index contributed by atoms with van der Waals surface area (Å²) in [6.07, 6.45) is 3.22. The van der Waals surface area contributed by atoms with E-state index < -0.39 is 0 Å². The average molecular weight is 93.1 g/mol. The van der Waals surface area contributed by atoms with E-state index >= 15 is 0 Å². The van der Waals surface area contributed by atoms with Crippen LogP contribution in [0.1, 0.15) is 5.56 Å². The van der Waals surface area contributed by atoms with Crippen LogP contribution >= 0.6 is 0 Å². The summed E-state index contributed by atoms with van der Waals surface area (Å²) in [6.45, 7) is 3.62. The van der Waals surface area contributed by atoms with E-state index in [0.717, 1.165) is 5.56 Å². The molecule has 0 unspecified atom stereocenters. The minimum absolute atomic E-state index is 0.898. The molecule has 1 rings (SSSR count). The number of hydrogen-bond acceptors (Lipinski definition) is 2. The summed E-state index contributed by atoms with van der Waals surface area (Å²) < 4.78 is 0. The Morgan fingerprint density at radius 2 is 2.29 bits per heavy atom. The zero-order chi connectivity index (χ0) is 5.11. The molecule has 0 spiro atoms. The van der Waals surface area contributed by atoms with Gasteiger partial charge in [-0.3, -0.25) is 0 Å². The van der Waals surface area contributed by atoms with Crippen LogP contribution in [-0.4, -0.2) is 10.2 Å². The third-order valence-electron chi connectivity index (χ3n) is 0.646. The molecule has 1 aromatic heterocycles. The van der Waals surface area contributed by atoms with Crippen molar-refractivity contribution in [1.29, 1.82) is 0 Å². The molecule has 0 aliphatic carbocycles. The summed E-state index contributed by atoms with van der Waals surface area (Å²) in [5, 5.41) is 7.13. The Balaban J connectivity index is 3.02. The van der Waals surface area contributed by atoms with Gasteiger partial charge in [-0.15, -0.1) is 0 Å². The molecule has 7 heavy (non-hydrogen) atoms. The first kappa shape index (κ1) is 4.24. The lowest BCUT2D eigenvalue weighted by Crippen LogP contribution is -1.76. The van der Waals surface area contributed by atoms with Gasteiger partial charge in [0.15, 0.2) is 0 Å². The van der Waals surface area contributed by atoms with Crippen LogP contribution in [0.25, 0.3) is 0 Å². The molecule has 35 valence electrons. The van der Waals surface area contributed by atoms with Crippen molar-refractivity contribution in [3.8, 4) is 0 Å². The highest BCUT2D eigenvalue weighted by atomic mass is 15.1. The van der Waals surface area contributed by atoms with Gasteiger partial charge in [-0.05, 0) is 18.6 Å². The van der Waals surface area contributed by atoms with Crippen LogP contribution in [0.3, 0.4) is 0 Å². The quantitative estimate of drug-likeness (QED) is 0.471. The number of hydrogen-bond donors (Lipinski definition) is 0. The van der Waals surface area contributed by atoms with Crippen LogP contribution in [0, 0.1) is 6.92 Å². The maximum absolute atomic E-state index is 3.62. The second-order valence-electron chi connectivity index (χ2n) is 1.25. The highest BCUT2D eigenvalue weighted by molar-refractivity contribution is 5.07. The topological polar surface area (TPSA) is 25.8 Å². The maximum atomic E-state index is 3.62. The van der Waals surface area contributed by atoms with Gasteiger partial charge < -0.3 is 0 Å². The van der Waals surface area contributed by atoms with Crippen molar-refractivity contribution in [2.24, 2.45) is 0 Å². The summed E-state index contributed by atoms with van der Waals surface area (Å²) in [4.78, 5) is 0. The molecule has 0 N–H and O–H groups in total. The van der Waals surface area contributed by atoms with Gasteiger partial charge in [-0.25, -0.2) is 0 Å². The van der Waals surface area contributed by atoms with E-state index in [1.54, 1.807) is 18.5 Å². The van der Waals surface area contributed by atoms with E-state index in [-0.39, 0.29) is 0 Å². The Labute approximate surface area is 42.2 Å². The Kier molecular flexibility index (Phi) is 1.02. The standard InChI is InChI=1S/C5H5N2/c1-5-2-3-6-7-4-5/h2-4H,1H2. The van der Waals surface area contributed by atoms with Crippen molar-refractivity contribution in [2.75, 3.05) is 0 Å². The molecule has 0 aliphatic heterocycles. The van der Waals surface area contributed by atoms with Crippen LogP contribution in [0.15, 0.2) is 18.5 Å². The largest absolute Gasteiger partial charge is 0.159 e. The molecule has 0 saturated heterocycles. The highest BCUT2D eigenvalue weighted by Crippen LogP contribution is 1.85. The normalized spacial score (nSPS) is 8.71.